The molecule has 0 N–H and O–H groups in total. The van der Waals surface area contributed by atoms with Gasteiger partial charge in [-0.1, -0.05) is 17.7 Å². The van der Waals surface area contributed by atoms with Gasteiger partial charge < -0.3 is 4.90 Å². The van der Waals surface area contributed by atoms with Crippen molar-refractivity contribution in [1.29, 1.82) is 0 Å². The summed E-state index contributed by atoms with van der Waals surface area (Å²) in [6.07, 6.45) is 4.10. The van der Waals surface area contributed by atoms with Gasteiger partial charge in [-0.05, 0) is 23.8 Å². The van der Waals surface area contributed by atoms with Crippen LogP contribution >= 0.6 is 11.6 Å². The highest BCUT2D eigenvalue weighted by Crippen LogP contribution is 2.18. The van der Waals surface area contributed by atoms with Gasteiger partial charge in [-0.3, -0.25) is 9.78 Å². The number of fused-ring (bicyclic) bond motifs is 1. The molecule has 0 fully saturated rings. The van der Waals surface area contributed by atoms with Gasteiger partial charge in [0.2, 0.25) is 0 Å². The van der Waals surface area contributed by atoms with Crippen molar-refractivity contribution in [2.45, 2.75) is 13.0 Å². The van der Waals surface area contributed by atoms with E-state index in [9.17, 15) is 4.79 Å². The van der Waals surface area contributed by atoms with Crippen molar-refractivity contribution in [3.05, 3.63) is 58.6 Å². The molecule has 0 aliphatic carbocycles. The molecule has 2 aromatic heterocycles. The molecule has 96 valence electrons. The van der Waals surface area contributed by atoms with Crippen LogP contribution in [0.1, 0.15) is 21.6 Å². The molecule has 4 nitrogen and oxygen atoms in total. The molecular formula is C14H12ClN3O. The molecule has 3 heterocycles. The van der Waals surface area contributed by atoms with Crippen LogP contribution in [-0.4, -0.2) is 27.3 Å². The molecule has 5 heteroatoms. The van der Waals surface area contributed by atoms with Gasteiger partial charge in [0, 0.05) is 37.6 Å². The van der Waals surface area contributed by atoms with Crippen LogP contribution in [0.4, 0.5) is 0 Å². The molecule has 2 aromatic rings. The van der Waals surface area contributed by atoms with Crippen LogP contribution < -0.4 is 0 Å². The Kier molecular flexibility index (Phi) is 3.17. The minimum absolute atomic E-state index is 0.0151. The molecule has 1 aliphatic heterocycles. The average molecular weight is 274 g/mol. The van der Waals surface area contributed by atoms with Crippen molar-refractivity contribution in [3.8, 4) is 0 Å². The highest BCUT2D eigenvalue weighted by atomic mass is 35.5. The highest BCUT2D eigenvalue weighted by Gasteiger charge is 2.22. The second-order valence-electron chi connectivity index (χ2n) is 4.46. The molecule has 0 atom stereocenters. The zero-order chi connectivity index (χ0) is 13.2. The third-order valence-corrected chi connectivity index (χ3v) is 3.45. The molecule has 0 unspecified atom stereocenters. The lowest BCUT2D eigenvalue weighted by Gasteiger charge is -2.28. The minimum Gasteiger partial charge on any atom is -0.334 e. The van der Waals surface area contributed by atoms with Gasteiger partial charge in [0.1, 0.15) is 5.15 Å². The second kappa shape index (κ2) is 4.97. The van der Waals surface area contributed by atoms with Crippen LogP contribution in [-0.2, 0) is 13.0 Å². The minimum atomic E-state index is -0.0151. The van der Waals surface area contributed by atoms with Gasteiger partial charge in [0.05, 0.1) is 5.56 Å². The predicted octanol–water partition coefficient (Wildman–Crippen LogP) is 2.33. The summed E-state index contributed by atoms with van der Waals surface area (Å²) < 4.78 is 0. The Morgan fingerprint density at radius 2 is 2.16 bits per heavy atom. The van der Waals surface area contributed by atoms with Crippen LogP contribution in [0.5, 0.6) is 0 Å². The van der Waals surface area contributed by atoms with E-state index < -0.39 is 0 Å². The number of carbonyl (C=O) groups excluding carboxylic acids is 1. The Hall–Kier alpha value is -1.94. The molecule has 0 aromatic carbocycles. The first-order valence-electron chi connectivity index (χ1n) is 6.07. The maximum Gasteiger partial charge on any atom is 0.255 e. The normalized spacial score (nSPS) is 14.1. The molecule has 0 radical (unpaired) electrons. The first kappa shape index (κ1) is 12.1. The van der Waals surface area contributed by atoms with E-state index in [2.05, 4.69) is 9.97 Å². The number of hydrogen-bond donors (Lipinski definition) is 0. The van der Waals surface area contributed by atoms with Crippen molar-refractivity contribution in [2.24, 2.45) is 0 Å². The molecular weight excluding hydrogens is 262 g/mol. The molecule has 0 saturated carbocycles. The number of aromatic nitrogens is 2. The van der Waals surface area contributed by atoms with Gasteiger partial charge >= 0.3 is 0 Å². The van der Waals surface area contributed by atoms with Crippen LogP contribution in [0.15, 0.2) is 36.7 Å². The zero-order valence-corrected chi connectivity index (χ0v) is 11.0. The summed E-state index contributed by atoms with van der Waals surface area (Å²) >= 11 is 5.72. The van der Waals surface area contributed by atoms with E-state index in [1.54, 1.807) is 18.3 Å². The van der Waals surface area contributed by atoms with Crippen LogP contribution in [0.25, 0.3) is 0 Å². The Morgan fingerprint density at radius 3 is 2.95 bits per heavy atom. The summed E-state index contributed by atoms with van der Waals surface area (Å²) in [5.41, 5.74) is 2.77. The monoisotopic (exact) mass is 273 g/mol. The van der Waals surface area contributed by atoms with Crippen LogP contribution in [0.3, 0.4) is 0 Å². The quantitative estimate of drug-likeness (QED) is 0.749. The lowest BCUT2D eigenvalue weighted by molar-refractivity contribution is 0.0733. The summed E-state index contributed by atoms with van der Waals surface area (Å²) in [7, 11) is 0. The molecule has 3 rings (SSSR count). The lowest BCUT2D eigenvalue weighted by atomic mass is 10.1. The molecule has 0 saturated heterocycles. The zero-order valence-electron chi connectivity index (χ0n) is 10.2. The Bertz CT molecular complexity index is 612. The highest BCUT2D eigenvalue weighted by molar-refractivity contribution is 6.29. The number of hydrogen-bond acceptors (Lipinski definition) is 3. The largest absolute Gasteiger partial charge is 0.334 e. The van der Waals surface area contributed by atoms with Gasteiger partial charge in [-0.2, -0.15) is 0 Å². The second-order valence-corrected chi connectivity index (χ2v) is 4.84. The number of pyridine rings is 2. The van der Waals surface area contributed by atoms with Gasteiger partial charge in [-0.15, -0.1) is 0 Å². The number of nitrogens with zero attached hydrogens (tertiary/aromatic N) is 3. The van der Waals surface area contributed by atoms with Gasteiger partial charge in [0.15, 0.2) is 0 Å². The third kappa shape index (κ3) is 2.44. The van der Waals surface area contributed by atoms with E-state index >= 15 is 0 Å². The van der Waals surface area contributed by atoms with Crippen molar-refractivity contribution in [3.63, 3.8) is 0 Å². The van der Waals surface area contributed by atoms with E-state index in [4.69, 9.17) is 11.6 Å². The first-order valence-corrected chi connectivity index (χ1v) is 6.45. The van der Waals surface area contributed by atoms with E-state index in [0.29, 0.717) is 23.8 Å². The molecule has 19 heavy (non-hydrogen) atoms. The maximum absolute atomic E-state index is 12.3. The molecule has 0 bridgehead atoms. The van der Waals surface area contributed by atoms with Crippen molar-refractivity contribution >= 4 is 17.5 Å². The summed E-state index contributed by atoms with van der Waals surface area (Å²) in [4.78, 5) is 22.4. The van der Waals surface area contributed by atoms with Gasteiger partial charge in [0.25, 0.3) is 5.91 Å². The van der Waals surface area contributed by atoms with Crippen LogP contribution in [0.2, 0.25) is 5.15 Å². The van der Waals surface area contributed by atoms with Crippen LogP contribution in [0, 0.1) is 0 Å². The maximum atomic E-state index is 12.3. The number of carbonyl (C=O) groups is 1. The molecule has 1 aliphatic rings. The smallest absolute Gasteiger partial charge is 0.255 e. The van der Waals surface area contributed by atoms with Crippen molar-refractivity contribution in [2.75, 3.05) is 6.54 Å². The fourth-order valence-corrected chi connectivity index (χ4v) is 2.34. The number of amides is 1. The van der Waals surface area contributed by atoms with E-state index in [-0.39, 0.29) is 5.91 Å². The molecule has 1 amide bonds. The predicted molar refractivity (Wildman–Crippen MR) is 71.9 cm³/mol. The van der Waals surface area contributed by atoms with E-state index in [0.717, 1.165) is 17.7 Å². The number of halogens is 1. The fraction of sp³-hybridized carbons (Fsp3) is 0.214. The lowest BCUT2D eigenvalue weighted by Crippen LogP contribution is -2.36. The first-order chi connectivity index (χ1) is 9.24. The van der Waals surface area contributed by atoms with Crippen molar-refractivity contribution < 1.29 is 4.79 Å². The van der Waals surface area contributed by atoms with Gasteiger partial charge in [-0.25, -0.2) is 4.98 Å². The van der Waals surface area contributed by atoms with Crippen molar-refractivity contribution in [1.82, 2.24) is 14.9 Å². The summed E-state index contributed by atoms with van der Waals surface area (Å²) in [5.74, 6) is -0.0151. The Morgan fingerprint density at radius 1 is 1.26 bits per heavy atom. The standard InChI is InChI=1S/C14H12ClN3O/c15-13-4-3-10(8-17-13)14(19)18-7-5-12-11(9-18)2-1-6-16-12/h1-4,6,8H,5,7,9H2. The van der Waals surface area contributed by atoms with E-state index in [1.165, 1.54) is 6.20 Å². The SMILES string of the molecule is O=C(c1ccc(Cl)nc1)N1CCc2ncccc2C1. The number of rotatable bonds is 1. The Labute approximate surface area is 116 Å². The fourth-order valence-electron chi connectivity index (χ4n) is 2.22. The average Bonchev–Trinajstić information content (AvgIpc) is 2.47. The molecule has 0 spiro atoms. The topological polar surface area (TPSA) is 46.1 Å². The third-order valence-electron chi connectivity index (χ3n) is 3.23. The summed E-state index contributed by atoms with van der Waals surface area (Å²) in [6.45, 7) is 1.29. The summed E-state index contributed by atoms with van der Waals surface area (Å²) in [6, 6.07) is 7.25. The van der Waals surface area contributed by atoms with E-state index in [1.807, 2.05) is 17.0 Å². The Balaban J connectivity index is 1.81. The summed E-state index contributed by atoms with van der Waals surface area (Å²) in [5, 5.41) is 0.393.